The van der Waals surface area contributed by atoms with Gasteiger partial charge in [0.2, 0.25) is 11.8 Å². The summed E-state index contributed by atoms with van der Waals surface area (Å²) < 4.78 is 12.1. The van der Waals surface area contributed by atoms with E-state index in [1.54, 1.807) is 14.2 Å². The molecule has 110 valence electrons. The molecule has 1 heterocycles. The molecule has 0 spiro atoms. The van der Waals surface area contributed by atoms with Crippen LogP contribution in [-0.4, -0.2) is 50.2 Å². The van der Waals surface area contributed by atoms with Crippen LogP contribution in [0, 0.1) is 5.92 Å². The summed E-state index contributed by atoms with van der Waals surface area (Å²) in [5, 5.41) is 0. The summed E-state index contributed by atoms with van der Waals surface area (Å²) in [6.45, 7) is 9.01. The zero-order chi connectivity index (χ0) is 14.6. The minimum atomic E-state index is -1.25. The second kappa shape index (κ2) is 7.06. The van der Waals surface area contributed by atoms with Gasteiger partial charge in [-0.25, -0.2) is 9.98 Å². The Balaban J connectivity index is 2.98. The van der Waals surface area contributed by atoms with E-state index in [0.29, 0.717) is 5.92 Å². The van der Waals surface area contributed by atoms with Gasteiger partial charge >= 0.3 is 0 Å². The van der Waals surface area contributed by atoms with Gasteiger partial charge in [-0.3, -0.25) is 0 Å². The summed E-state index contributed by atoms with van der Waals surface area (Å²) >= 11 is 2.48. The van der Waals surface area contributed by atoms with E-state index in [4.69, 9.17) is 19.5 Å². The maximum Gasteiger partial charge on any atom is 0.209 e. The van der Waals surface area contributed by atoms with Crippen molar-refractivity contribution in [3.05, 3.63) is 0 Å². The molecule has 0 unspecified atom stereocenters. The molecule has 0 bridgehead atoms. The molecule has 4 nitrogen and oxygen atoms in total. The van der Waals surface area contributed by atoms with E-state index >= 15 is 0 Å². The Morgan fingerprint density at radius 3 is 2.16 bits per heavy atom. The van der Waals surface area contributed by atoms with Crippen molar-refractivity contribution in [2.75, 3.05) is 18.3 Å². The van der Waals surface area contributed by atoms with Crippen molar-refractivity contribution < 1.29 is 9.47 Å². The van der Waals surface area contributed by atoms with Crippen LogP contribution in [0.2, 0.25) is 19.1 Å². The van der Waals surface area contributed by atoms with Gasteiger partial charge in [0.1, 0.15) is 12.1 Å². The number of alkyl halides is 1. The molecule has 6 heteroatoms. The van der Waals surface area contributed by atoms with Gasteiger partial charge in [-0.1, -0.05) is 49.5 Å². The maximum atomic E-state index is 5.47. The fraction of sp³-hybridized carbons (Fsp3) is 0.846. The summed E-state index contributed by atoms with van der Waals surface area (Å²) in [6, 6.07) is 1.08. The number of nitrogens with zero attached hydrogens (tertiary/aromatic N) is 2. The van der Waals surface area contributed by atoms with E-state index < -0.39 is 8.07 Å². The number of aliphatic imine (C=N–C) groups is 2. The highest BCUT2D eigenvalue weighted by atomic mass is 127. The molecule has 0 fully saturated rings. The summed E-state index contributed by atoms with van der Waals surface area (Å²) in [5.74, 6) is 1.88. The van der Waals surface area contributed by atoms with Gasteiger partial charge < -0.3 is 9.47 Å². The molecule has 0 aromatic rings. The highest BCUT2D eigenvalue weighted by Gasteiger charge is 2.34. The monoisotopic (exact) mass is 396 g/mol. The Bertz CT molecular complexity index is 370. The quantitative estimate of drug-likeness (QED) is 0.416. The van der Waals surface area contributed by atoms with Gasteiger partial charge in [0.15, 0.2) is 0 Å². The van der Waals surface area contributed by atoms with Crippen molar-refractivity contribution in [3.8, 4) is 0 Å². The first kappa shape index (κ1) is 16.9. The highest BCUT2D eigenvalue weighted by molar-refractivity contribution is 14.1. The number of hydrogen-bond donors (Lipinski definition) is 0. The van der Waals surface area contributed by atoms with Gasteiger partial charge in [0.05, 0.1) is 22.3 Å². The van der Waals surface area contributed by atoms with Crippen LogP contribution in [0.15, 0.2) is 9.98 Å². The molecule has 19 heavy (non-hydrogen) atoms. The van der Waals surface area contributed by atoms with E-state index in [0.717, 1.165) is 17.8 Å². The average molecular weight is 396 g/mol. The molecule has 0 aliphatic carbocycles. The third kappa shape index (κ3) is 4.44. The van der Waals surface area contributed by atoms with E-state index in [9.17, 15) is 0 Å². The SMILES string of the molecule is COC1=N[C@H](C(C)C)C(OC)=N[C@@H]1C[Si](C)(C)CI. The molecule has 2 atom stereocenters. The summed E-state index contributed by atoms with van der Waals surface area (Å²) in [5.41, 5.74) is 0. The summed E-state index contributed by atoms with van der Waals surface area (Å²) in [7, 11) is 2.12. The van der Waals surface area contributed by atoms with Crippen LogP contribution < -0.4 is 0 Å². The van der Waals surface area contributed by atoms with Crippen LogP contribution in [0.25, 0.3) is 0 Å². The molecule has 0 aromatic heterocycles. The Morgan fingerprint density at radius 1 is 1.16 bits per heavy atom. The van der Waals surface area contributed by atoms with Crippen LogP contribution in [-0.2, 0) is 9.47 Å². The first-order valence-electron chi connectivity index (χ1n) is 6.64. The Kier molecular flexibility index (Phi) is 6.29. The van der Waals surface area contributed by atoms with Crippen LogP contribution in [0.3, 0.4) is 0 Å². The van der Waals surface area contributed by atoms with Gasteiger partial charge in [0.25, 0.3) is 0 Å². The lowest BCUT2D eigenvalue weighted by Gasteiger charge is -2.30. The fourth-order valence-corrected chi connectivity index (χ4v) is 4.43. The topological polar surface area (TPSA) is 43.2 Å². The van der Waals surface area contributed by atoms with Gasteiger partial charge in [-0.05, 0) is 16.0 Å². The first-order valence-corrected chi connectivity index (χ1v) is 11.6. The summed E-state index contributed by atoms with van der Waals surface area (Å²) in [6.07, 6.45) is 0. The van der Waals surface area contributed by atoms with Crippen molar-refractivity contribution in [2.45, 2.75) is 45.1 Å². The van der Waals surface area contributed by atoms with Gasteiger partial charge in [0, 0.05) is 0 Å². The Labute approximate surface area is 131 Å². The second-order valence-electron chi connectivity index (χ2n) is 6.05. The molecule has 0 radical (unpaired) electrons. The molecule has 0 amide bonds. The summed E-state index contributed by atoms with van der Waals surface area (Å²) in [4.78, 5) is 9.47. The maximum absolute atomic E-state index is 5.47. The van der Waals surface area contributed by atoms with Crippen LogP contribution in [0.4, 0.5) is 0 Å². The third-order valence-corrected chi connectivity index (χ3v) is 11.7. The molecule has 1 rings (SSSR count). The predicted molar refractivity (Wildman–Crippen MR) is 92.5 cm³/mol. The zero-order valence-corrected chi connectivity index (χ0v) is 15.9. The smallest absolute Gasteiger partial charge is 0.209 e. The molecule has 0 aromatic carbocycles. The molecular formula is C13H25IN2O2Si. The predicted octanol–water partition coefficient (Wildman–Crippen LogP) is 3.17. The second-order valence-corrected chi connectivity index (χ2v) is 13.3. The van der Waals surface area contributed by atoms with Crippen molar-refractivity contribution in [3.63, 3.8) is 0 Å². The van der Waals surface area contributed by atoms with E-state index in [1.807, 2.05) is 0 Å². The normalized spacial score (nSPS) is 24.0. The van der Waals surface area contributed by atoms with Crippen LogP contribution >= 0.6 is 22.6 Å². The lowest BCUT2D eigenvalue weighted by molar-refractivity contribution is 0.335. The minimum Gasteiger partial charge on any atom is -0.483 e. The molecule has 0 N–H and O–H groups in total. The Hall–Kier alpha value is -0.113. The molecule has 0 saturated carbocycles. The first-order chi connectivity index (χ1) is 8.84. The van der Waals surface area contributed by atoms with Gasteiger partial charge in [-0.2, -0.15) is 0 Å². The molecule has 0 saturated heterocycles. The van der Waals surface area contributed by atoms with Crippen molar-refractivity contribution in [1.29, 1.82) is 0 Å². The van der Waals surface area contributed by atoms with Crippen molar-refractivity contribution in [1.82, 2.24) is 0 Å². The van der Waals surface area contributed by atoms with Crippen molar-refractivity contribution >= 4 is 42.5 Å². The van der Waals surface area contributed by atoms with E-state index in [1.165, 1.54) is 4.05 Å². The van der Waals surface area contributed by atoms with Crippen molar-refractivity contribution in [2.24, 2.45) is 15.9 Å². The molecule has 1 aliphatic heterocycles. The lowest BCUT2D eigenvalue weighted by atomic mass is 10.0. The molecule has 1 aliphatic rings. The number of methoxy groups -OCH3 is 2. The van der Waals surface area contributed by atoms with Crippen LogP contribution in [0.1, 0.15) is 13.8 Å². The number of hydrogen-bond acceptors (Lipinski definition) is 4. The Morgan fingerprint density at radius 2 is 1.74 bits per heavy atom. The standard InChI is InChI=1S/C13H25IN2O2Si/c1-9(2)11-13(18-4)15-10(12(16-11)17-3)7-19(5,6)8-14/h9-11H,7-8H2,1-6H3/t10-,11-/m1/s1. The number of rotatable bonds is 4. The van der Waals surface area contributed by atoms with Gasteiger partial charge in [-0.15, -0.1) is 0 Å². The van der Waals surface area contributed by atoms with E-state index in [-0.39, 0.29) is 12.1 Å². The molecular weight excluding hydrogens is 371 g/mol. The average Bonchev–Trinajstić information content (AvgIpc) is 2.37. The number of halogens is 1. The fourth-order valence-electron chi connectivity index (χ4n) is 2.07. The number of ether oxygens (including phenoxy) is 2. The third-order valence-electron chi connectivity index (χ3n) is 3.24. The highest BCUT2D eigenvalue weighted by Crippen LogP contribution is 2.24. The largest absolute Gasteiger partial charge is 0.483 e. The van der Waals surface area contributed by atoms with Crippen LogP contribution in [0.5, 0.6) is 0 Å². The lowest BCUT2D eigenvalue weighted by Crippen LogP contribution is -2.42. The zero-order valence-electron chi connectivity index (χ0n) is 12.7. The minimum absolute atomic E-state index is 0.0134. The van der Waals surface area contributed by atoms with E-state index in [2.05, 4.69) is 49.5 Å².